The Morgan fingerprint density at radius 2 is 1.79 bits per heavy atom. The first-order valence-corrected chi connectivity index (χ1v) is 16.7. The lowest BCUT2D eigenvalue weighted by Crippen LogP contribution is -2.39. The van der Waals surface area contributed by atoms with Crippen LogP contribution in [0.3, 0.4) is 0 Å². The van der Waals surface area contributed by atoms with Crippen LogP contribution in [0.4, 0.5) is 17.3 Å². The number of fused-ring (bicyclic) bond motifs is 4. The van der Waals surface area contributed by atoms with E-state index in [0.717, 1.165) is 78.0 Å². The molecule has 0 spiro atoms. The number of carbonyl (C=O) groups is 1. The van der Waals surface area contributed by atoms with Crippen LogP contribution in [-0.4, -0.2) is 51.3 Å². The summed E-state index contributed by atoms with van der Waals surface area (Å²) >= 11 is 0. The molecule has 48 heavy (non-hydrogen) atoms. The summed E-state index contributed by atoms with van der Waals surface area (Å²) in [7, 11) is 0. The summed E-state index contributed by atoms with van der Waals surface area (Å²) in [4.78, 5) is 31.3. The molecule has 1 saturated heterocycles. The number of hydrogen-bond acceptors (Lipinski definition) is 9. The maximum Gasteiger partial charge on any atom is 0.337 e. The minimum atomic E-state index is -1.20. The number of nitrogens with zero attached hydrogens (tertiary/aromatic N) is 5. The Kier molecular flexibility index (Phi) is 7.82. The van der Waals surface area contributed by atoms with Gasteiger partial charge in [-0.15, -0.1) is 0 Å². The third-order valence-corrected chi connectivity index (χ3v) is 9.76. The summed E-state index contributed by atoms with van der Waals surface area (Å²) in [6.45, 7) is 15.0. The summed E-state index contributed by atoms with van der Waals surface area (Å²) in [6, 6.07) is 14.4. The van der Waals surface area contributed by atoms with Crippen LogP contribution in [0.15, 0.2) is 53.2 Å². The number of rotatable bonds is 6. The smallest absolute Gasteiger partial charge is 0.337 e. The third kappa shape index (κ3) is 5.83. The molecule has 250 valence electrons. The molecule has 3 N–H and O–H groups in total. The topological polar surface area (TPSA) is 131 Å². The maximum atomic E-state index is 12.8. The highest BCUT2D eigenvalue weighted by Crippen LogP contribution is 2.46. The Hall–Kier alpha value is -4.70. The number of benzene rings is 2. The zero-order valence-corrected chi connectivity index (χ0v) is 28.6. The van der Waals surface area contributed by atoms with Gasteiger partial charge in [-0.1, -0.05) is 44.2 Å². The van der Waals surface area contributed by atoms with Gasteiger partial charge in [0.25, 0.3) is 0 Å². The number of piperidine rings is 1. The minimum Gasteiger partial charge on any atom is -0.479 e. The zero-order valence-electron chi connectivity index (χ0n) is 28.6. The van der Waals surface area contributed by atoms with E-state index in [9.17, 15) is 9.90 Å². The van der Waals surface area contributed by atoms with Gasteiger partial charge in [-0.3, -0.25) is 0 Å². The van der Waals surface area contributed by atoms with Gasteiger partial charge in [0, 0.05) is 48.4 Å². The fraction of sp³-hybridized carbons (Fsp3) is 0.421. The van der Waals surface area contributed by atoms with E-state index in [-0.39, 0.29) is 5.41 Å². The standard InChI is InChI=1S/C38H44N6O4/c1-22-28(32(36(45)46)48-37(2,3)4)31(43-17-14-38(5,6)15-18-43)29(34(39)42-22)24-11-12-25-20-44(16-13-23(25)19-24)35-33-30(40-21-41-35)26-9-7-8-10-27(26)47-33/h7-12,19,21,32H,13-18,20H2,1-6H3,(H2,39,42)(H,45,46)/t32-/m0/s1. The lowest BCUT2D eigenvalue weighted by atomic mass is 9.82. The molecule has 3 aromatic heterocycles. The highest BCUT2D eigenvalue weighted by molar-refractivity contribution is 6.05. The molecule has 2 aromatic carbocycles. The second-order valence-corrected chi connectivity index (χ2v) is 14.9. The number of carboxylic acid groups (broad SMARTS) is 1. The Morgan fingerprint density at radius 1 is 1.04 bits per heavy atom. The van der Waals surface area contributed by atoms with Crippen LogP contribution in [0, 0.1) is 12.3 Å². The zero-order chi connectivity index (χ0) is 34.0. The molecule has 2 aliphatic rings. The van der Waals surface area contributed by atoms with Gasteiger partial charge in [0.05, 0.1) is 11.3 Å². The van der Waals surface area contributed by atoms with E-state index in [1.54, 1.807) is 6.33 Å². The first kappa shape index (κ1) is 31.9. The van der Waals surface area contributed by atoms with Gasteiger partial charge in [-0.2, -0.15) is 0 Å². The molecule has 1 atom stereocenters. The van der Waals surface area contributed by atoms with Gasteiger partial charge >= 0.3 is 5.97 Å². The number of aryl methyl sites for hydroxylation is 1. The van der Waals surface area contributed by atoms with Crippen LogP contribution < -0.4 is 15.5 Å². The van der Waals surface area contributed by atoms with Gasteiger partial charge in [0.2, 0.25) is 0 Å². The number of carboxylic acids is 1. The molecule has 10 heteroatoms. The second kappa shape index (κ2) is 11.8. The predicted octanol–water partition coefficient (Wildman–Crippen LogP) is 7.46. The van der Waals surface area contributed by atoms with Gasteiger partial charge in [-0.05, 0) is 81.2 Å². The lowest BCUT2D eigenvalue weighted by molar-refractivity contribution is -0.160. The van der Waals surface area contributed by atoms with Crippen LogP contribution in [-0.2, 0) is 22.5 Å². The van der Waals surface area contributed by atoms with Crippen molar-refractivity contribution in [3.63, 3.8) is 0 Å². The first-order valence-electron chi connectivity index (χ1n) is 16.7. The van der Waals surface area contributed by atoms with E-state index < -0.39 is 17.7 Å². The monoisotopic (exact) mass is 648 g/mol. The highest BCUT2D eigenvalue weighted by atomic mass is 16.5. The number of para-hydroxylation sites is 1. The van der Waals surface area contributed by atoms with Crippen molar-refractivity contribution in [2.45, 2.75) is 79.1 Å². The number of furan rings is 1. The summed E-state index contributed by atoms with van der Waals surface area (Å²) in [6.07, 6.45) is 3.16. The van der Waals surface area contributed by atoms with E-state index >= 15 is 0 Å². The Morgan fingerprint density at radius 3 is 2.52 bits per heavy atom. The molecule has 0 saturated carbocycles. The van der Waals surface area contributed by atoms with E-state index in [0.29, 0.717) is 29.2 Å². The number of aliphatic carboxylic acids is 1. The van der Waals surface area contributed by atoms with Crippen molar-refractivity contribution in [1.82, 2.24) is 15.0 Å². The Labute approximate surface area is 280 Å². The summed E-state index contributed by atoms with van der Waals surface area (Å²) < 4.78 is 12.5. The highest BCUT2D eigenvalue weighted by Gasteiger charge is 2.37. The number of anilines is 3. The molecular formula is C38H44N6O4. The van der Waals surface area contributed by atoms with Gasteiger partial charge in [-0.25, -0.2) is 19.7 Å². The molecule has 0 amide bonds. The van der Waals surface area contributed by atoms with E-state index in [4.69, 9.17) is 19.9 Å². The van der Waals surface area contributed by atoms with E-state index in [1.807, 2.05) is 52.0 Å². The second-order valence-electron chi connectivity index (χ2n) is 14.9. The molecule has 2 aliphatic heterocycles. The minimum absolute atomic E-state index is 0.202. The van der Waals surface area contributed by atoms with Crippen molar-refractivity contribution in [3.05, 3.63) is 71.2 Å². The summed E-state index contributed by atoms with van der Waals surface area (Å²) in [5.41, 5.74) is 14.7. The molecule has 7 rings (SSSR count). The average molecular weight is 649 g/mol. The molecule has 1 fully saturated rings. The Balaban J connectivity index is 1.30. The number of nitrogen functional groups attached to an aromatic ring is 1. The number of nitrogens with two attached hydrogens (primary N) is 1. The molecule has 10 nitrogen and oxygen atoms in total. The van der Waals surface area contributed by atoms with Crippen molar-refractivity contribution >= 4 is 45.4 Å². The molecule has 0 radical (unpaired) electrons. The van der Waals surface area contributed by atoms with Gasteiger partial charge in [0.1, 0.15) is 23.2 Å². The van der Waals surface area contributed by atoms with Crippen LogP contribution >= 0.6 is 0 Å². The molecule has 5 heterocycles. The normalized spacial score (nSPS) is 17.1. The fourth-order valence-corrected chi connectivity index (χ4v) is 7.20. The van der Waals surface area contributed by atoms with Gasteiger partial charge < -0.3 is 29.8 Å². The van der Waals surface area contributed by atoms with Crippen molar-refractivity contribution in [1.29, 1.82) is 0 Å². The number of aromatic nitrogens is 3. The van der Waals surface area contributed by atoms with Crippen molar-refractivity contribution < 1.29 is 19.1 Å². The number of hydrogen-bond donors (Lipinski definition) is 2. The third-order valence-electron chi connectivity index (χ3n) is 9.76. The van der Waals surface area contributed by atoms with Crippen molar-refractivity contribution in [2.24, 2.45) is 5.41 Å². The SMILES string of the molecule is Cc1nc(N)c(-c2ccc3c(c2)CCN(c2ncnc4c2oc2ccccc24)C3)c(N2CCC(C)(C)CC2)c1[C@H](OC(C)(C)C)C(=O)O. The number of pyridine rings is 1. The fourth-order valence-electron chi connectivity index (χ4n) is 7.20. The van der Waals surface area contributed by atoms with Crippen LogP contribution in [0.5, 0.6) is 0 Å². The van der Waals surface area contributed by atoms with Crippen LogP contribution in [0.25, 0.3) is 33.2 Å². The molecule has 5 aromatic rings. The first-order chi connectivity index (χ1) is 22.8. The van der Waals surface area contributed by atoms with Crippen LogP contribution in [0.1, 0.15) is 75.9 Å². The number of ether oxygens (including phenoxy) is 1. The van der Waals surface area contributed by atoms with Gasteiger partial charge in [0.15, 0.2) is 17.5 Å². The average Bonchev–Trinajstić information content (AvgIpc) is 3.42. The molecule has 0 bridgehead atoms. The maximum absolute atomic E-state index is 12.8. The van der Waals surface area contributed by atoms with Crippen molar-refractivity contribution in [2.75, 3.05) is 35.2 Å². The predicted molar refractivity (Wildman–Crippen MR) is 189 cm³/mol. The molecular weight excluding hydrogens is 604 g/mol. The van der Waals surface area contributed by atoms with E-state index in [1.165, 1.54) is 11.1 Å². The lowest BCUT2D eigenvalue weighted by Gasteiger charge is -2.41. The summed E-state index contributed by atoms with van der Waals surface area (Å²) in [5, 5.41) is 11.5. The van der Waals surface area contributed by atoms with Crippen LogP contribution in [0.2, 0.25) is 0 Å². The van der Waals surface area contributed by atoms with Crippen molar-refractivity contribution in [3.8, 4) is 11.1 Å². The largest absolute Gasteiger partial charge is 0.479 e. The molecule has 0 unspecified atom stereocenters. The quantitative estimate of drug-likeness (QED) is 0.191. The van der Waals surface area contributed by atoms with E-state index in [2.05, 4.69) is 51.8 Å². The molecule has 0 aliphatic carbocycles. The summed E-state index contributed by atoms with van der Waals surface area (Å²) in [5.74, 6) is 0.135. The Bertz CT molecular complexity index is 2040.